The van der Waals surface area contributed by atoms with Crippen LogP contribution in [0.15, 0.2) is 54.6 Å². The Balaban J connectivity index is 2.27. The fraction of sp³-hybridized carbons (Fsp3) is 0.348. The number of hydrazine groups is 1. The normalized spacial score (nSPS) is 17.6. The molecule has 0 saturated carbocycles. The summed E-state index contributed by atoms with van der Waals surface area (Å²) in [6, 6.07) is 15.7. The van der Waals surface area contributed by atoms with Crippen molar-refractivity contribution in [1.29, 1.82) is 0 Å². The number of anilines is 1. The van der Waals surface area contributed by atoms with E-state index in [1.165, 1.54) is 0 Å². The van der Waals surface area contributed by atoms with Gasteiger partial charge in [-0.05, 0) is 50.6 Å². The van der Waals surface area contributed by atoms with Crippen LogP contribution in [0.2, 0.25) is 5.02 Å². The van der Waals surface area contributed by atoms with Gasteiger partial charge in [-0.3, -0.25) is 0 Å². The van der Waals surface area contributed by atoms with Crippen molar-refractivity contribution in [2.75, 3.05) is 24.7 Å². The molecule has 0 bridgehead atoms. The maximum absolute atomic E-state index is 13.2. The third-order valence-corrected chi connectivity index (χ3v) is 5.10. The standard InChI is InChI=1S/C23H26ClN3O6/c1-4-31-21(28)20-25(18-10-8-7-9-11-18)19(16-12-14-17(24)15-13-16)26(22(29)32-5-2)27(20)23(30)33-6-3/h7-15,19-20H,4-6H2,1-3H3/t19-,20-/m1/s1. The molecule has 0 spiro atoms. The molecule has 0 unspecified atom stereocenters. The molecule has 1 aliphatic rings. The van der Waals surface area contributed by atoms with Gasteiger partial charge in [0.05, 0.1) is 19.8 Å². The van der Waals surface area contributed by atoms with Crippen molar-refractivity contribution in [3.8, 4) is 0 Å². The van der Waals surface area contributed by atoms with E-state index in [9.17, 15) is 14.4 Å². The van der Waals surface area contributed by atoms with Crippen molar-refractivity contribution in [3.05, 3.63) is 65.2 Å². The van der Waals surface area contributed by atoms with Crippen LogP contribution in [0.4, 0.5) is 15.3 Å². The third kappa shape index (κ3) is 4.98. The molecule has 0 aliphatic carbocycles. The van der Waals surface area contributed by atoms with E-state index >= 15 is 0 Å². The molecule has 9 nitrogen and oxygen atoms in total. The lowest BCUT2D eigenvalue weighted by Gasteiger charge is -2.30. The van der Waals surface area contributed by atoms with Crippen LogP contribution in [0.1, 0.15) is 32.5 Å². The van der Waals surface area contributed by atoms with Crippen LogP contribution in [0.3, 0.4) is 0 Å². The Morgan fingerprint density at radius 2 is 1.33 bits per heavy atom. The summed E-state index contributed by atoms with van der Waals surface area (Å²) in [4.78, 5) is 41.1. The topological polar surface area (TPSA) is 88.6 Å². The Kier molecular flexibility index (Phi) is 8.00. The maximum Gasteiger partial charge on any atom is 0.431 e. The minimum atomic E-state index is -1.32. The molecule has 0 aromatic heterocycles. The third-order valence-electron chi connectivity index (χ3n) is 4.85. The number of hydrogen-bond donors (Lipinski definition) is 0. The highest BCUT2D eigenvalue weighted by atomic mass is 35.5. The van der Waals surface area contributed by atoms with E-state index < -0.39 is 30.5 Å². The Labute approximate surface area is 197 Å². The highest BCUT2D eigenvalue weighted by molar-refractivity contribution is 6.30. The van der Waals surface area contributed by atoms with Crippen molar-refractivity contribution in [3.63, 3.8) is 0 Å². The van der Waals surface area contributed by atoms with Gasteiger partial charge in [-0.2, -0.15) is 10.0 Å². The van der Waals surface area contributed by atoms with E-state index in [-0.39, 0.29) is 19.8 Å². The summed E-state index contributed by atoms with van der Waals surface area (Å²) in [6.07, 6.45) is -3.96. The number of halogens is 1. The molecule has 2 aromatic rings. The average Bonchev–Trinajstić information content (AvgIpc) is 3.17. The molecule has 2 amide bonds. The van der Waals surface area contributed by atoms with Crippen molar-refractivity contribution in [2.45, 2.75) is 33.1 Å². The van der Waals surface area contributed by atoms with Gasteiger partial charge in [0, 0.05) is 10.7 Å². The summed E-state index contributed by atoms with van der Waals surface area (Å²) in [5.41, 5.74) is 1.18. The van der Waals surface area contributed by atoms with E-state index in [0.29, 0.717) is 16.3 Å². The highest BCUT2D eigenvalue weighted by Crippen LogP contribution is 2.42. The summed E-state index contributed by atoms with van der Waals surface area (Å²) in [6.45, 7) is 5.13. The van der Waals surface area contributed by atoms with Gasteiger partial charge in [0.15, 0.2) is 6.17 Å². The molecular formula is C23H26ClN3O6. The molecule has 2 aromatic carbocycles. The first-order valence-corrected chi connectivity index (χ1v) is 11.0. The fourth-order valence-electron chi connectivity index (χ4n) is 3.61. The smallest absolute Gasteiger partial charge is 0.431 e. The lowest BCUT2D eigenvalue weighted by atomic mass is 10.1. The number of rotatable bonds is 6. The van der Waals surface area contributed by atoms with Gasteiger partial charge in [-0.25, -0.2) is 14.4 Å². The van der Waals surface area contributed by atoms with E-state index in [1.54, 1.807) is 74.2 Å². The number of ether oxygens (including phenoxy) is 3. The first-order valence-electron chi connectivity index (χ1n) is 10.6. The van der Waals surface area contributed by atoms with Crippen molar-refractivity contribution >= 4 is 35.4 Å². The number of carbonyl (C=O) groups is 3. The number of amides is 2. The van der Waals surface area contributed by atoms with Crippen LogP contribution in [-0.4, -0.2) is 54.2 Å². The molecule has 2 atom stereocenters. The molecular weight excluding hydrogens is 450 g/mol. The van der Waals surface area contributed by atoms with Crippen LogP contribution in [-0.2, 0) is 19.0 Å². The Hall–Kier alpha value is -3.46. The Bertz CT molecular complexity index is 972. The van der Waals surface area contributed by atoms with Crippen LogP contribution >= 0.6 is 11.6 Å². The molecule has 0 N–H and O–H groups in total. The van der Waals surface area contributed by atoms with E-state index in [2.05, 4.69) is 0 Å². The van der Waals surface area contributed by atoms with Crippen molar-refractivity contribution in [2.24, 2.45) is 0 Å². The van der Waals surface area contributed by atoms with Gasteiger partial charge >= 0.3 is 18.2 Å². The lowest BCUT2D eigenvalue weighted by Crippen LogP contribution is -2.53. The number of esters is 1. The zero-order valence-corrected chi connectivity index (χ0v) is 19.4. The van der Waals surface area contributed by atoms with Crippen molar-refractivity contribution < 1.29 is 28.6 Å². The molecule has 176 valence electrons. The van der Waals surface area contributed by atoms with Gasteiger partial charge in [0.2, 0.25) is 6.17 Å². The second-order valence-electron chi connectivity index (χ2n) is 6.88. The summed E-state index contributed by atoms with van der Waals surface area (Å²) in [5.74, 6) is -0.722. The maximum atomic E-state index is 13.2. The predicted octanol–water partition coefficient (Wildman–Crippen LogP) is 4.58. The highest BCUT2D eigenvalue weighted by Gasteiger charge is 2.56. The summed E-state index contributed by atoms with van der Waals surface area (Å²) in [5, 5.41) is 2.53. The molecule has 1 saturated heterocycles. The number of para-hydroxylation sites is 1. The predicted molar refractivity (Wildman–Crippen MR) is 121 cm³/mol. The molecule has 33 heavy (non-hydrogen) atoms. The van der Waals surface area contributed by atoms with Gasteiger partial charge < -0.3 is 19.1 Å². The SMILES string of the molecule is CCOC(=O)[C@@H]1N(c2ccccc2)[C@@H](c2ccc(Cl)cc2)N(C(=O)OCC)N1C(=O)OCC. The van der Waals surface area contributed by atoms with Crippen LogP contribution in [0, 0.1) is 0 Å². The van der Waals surface area contributed by atoms with Crippen LogP contribution in [0.25, 0.3) is 0 Å². The fourth-order valence-corrected chi connectivity index (χ4v) is 3.74. The molecule has 1 aliphatic heterocycles. The van der Waals surface area contributed by atoms with E-state index in [0.717, 1.165) is 10.0 Å². The van der Waals surface area contributed by atoms with E-state index in [4.69, 9.17) is 25.8 Å². The summed E-state index contributed by atoms with van der Waals surface area (Å²) >= 11 is 6.08. The monoisotopic (exact) mass is 475 g/mol. The zero-order valence-electron chi connectivity index (χ0n) is 18.6. The summed E-state index contributed by atoms with van der Waals surface area (Å²) < 4.78 is 15.8. The number of benzene rings is 2. The average molecular weight is 476 g/mol. The second kappa shape index (κ2) is 10.9. The van der Waals surface area contributed by atoms with Gasteiger partial charge in [0.1, 0.15) is 0 Å². The largest absolute Gasteiger partial charge is 0.463 e. The molecule has 1 heterocycles. The molecule has 10 heteroatoms. The number of nitrogens with zero attached hydrogens (tertiary/aromatic N) is 3. The minimum absolute atomic E-state index is 0.0402. The minimum Gasteiger partial charge on any atom is -0.463 e. The van der Waals surface area contributed by atoms with Crippen molar-refractivity contribution in [1.82, 2.24) is 10.0 Å². The molecule has 1 fully saturated rings. The zero-order chi connectivity index (χ0) is 24.0. The first-order chi connectivity index (χ1) is 15.9. The van der Waals surface area contributed by atoms with Crippen LogP contribution < -0.4 is 4.90 Å². The Morgan fingerprint density at radius 3 is 1.88 bits per heavy atom. The number of carbonyl (C=O) groups excluding carboxylic acids is 3. The van der Waals surface area contributed by atoms with Gasteiger partial charge in [-0.1, -0.05) is 41.9 Å². The Morgan fingerprint density at radius 1 is 0.788 bits per heavy atom. The molecule has 3 rings (SSSR count). The molecule has 0 radical (unpaired) electrons. The number of hydrogen-bond acceptors (Lipinski definition) is 7. The first kappa shape index (κ1) is 24.2. The van der Waals surface area contributed by atoms with Gasteiger partial charge in [-0.15, -0.1) is 0 Å². The van der Waals surface area contributed by atoms with Gasteiger partial charge in [0.25, 0.3) is 0 Å². The lowest BCUT2D eigenvalue weighted by molar-refractivity contribution is -0.150. The quantitative estimate of drug-likeness (QED) is 0.446. The summed E-state index contributed by atoms with van der Waals surface area (Å²) in [7, 11) is 0. The van der Waals surface area contributed by atoms with E-state index in [1.807, 2.05) is 6.07 Å². The van der Waals surface area contributed by atoms with Crippen LogP contribution in [0.5, 0.6) is 0 Å². The second-order valence-corrected chi connectivity index (χ2v) is 7.32.